The SMILES string of the molecule is C=C(C)C(=O)NCC(=O)OC1(C)C2CC3C1OS(=O)(=O)C3C2. The third kappa shape index (κ3) is 2.16. The van der Waals surface area contributed by atoms with Crippen molar-refractivity contribution in [2.24, 2.45) is 11.8 Å². The normalized spacial score (nSPS) is 40.5. The fourth-order valence-corrected chi connectivity index (χ4v) is 5.83. The van der Waals surface area contributed by atoms with E-state index in [9.17, 15) is 18.0 Å². The molecule has 22 heavy (non-hydrogen) atoms. The van der Waals surface area contributed by atoms with Gasteiger partial charge >= 0.3 is 5.97 Å². The minimum atomic E-state index is -3.55. The molecule has 2 bridgehead atoms. The van der Waals surface area contributed by atoms with E-state index in [0.717, 1.165) is 0 Å². The van der Waals surface area contributed by atoms with Crippen LogP contribution in [-0.4, -0.2) is 43.8 Å². The molecule has 3 fully saturated rings. The number of hydrogen-bond donors (Lipinski definition) is 1. The summed E-state index contributed by atoms with van der Waals surface area (Å²) in [6, 6.07) is 0. The fraction of sp³-hybridized carbons (Fsp3) is 0.714. The van der Waals surface area contributed by atoms with Gasteiger partial charge in [0.15, 0.2) is 0 Å². The van der Waals surface area contributed by atoms with Crippen LogP contribution >= 0.6 is 0 Å². The van der Waals surface area contributed by atoms with Gasteiger partial charge in [0.25, 0.3) is 10.1 Å². The maximum absolute atomic E-state index is 12.0. The number of ether oxygens (including phenoxy) is 1. The Hall–Kier alpha value is -1.41. The molecule has 1 amide bonds. The van der Waals surface area contributed by atoms with Gasteiger partial charge in [-0.3, -0.25) is 13.8 Å². The largest absolute Gasteiger partial charge is 0.455 e. The van der Waals surface area contributed by atoms with Crippen LogP contribution < -0.4 is 5.32 Å². The maximum atomic E-state index is 12.0. The lowest BCUT2D eigenvalue weighted by Gasteiger charge is -2.36. The van der Waals surface area contributed by atoms with Gasteiger partial charge in [0.05, 0.1) is 5.25 Å². The second-order valence-corrected chi connectivity index (χ2v) is 8.28. The first kappa shape index (κ1) is 15.5. The number of nitrogens with one attached hydrogen (secondary N) is 1. The zero-order valence-corrected chi connectivity index (χ0v) is 13.3. The second kappa shape index (κ2) is 4.79. The van der Waals surface area contributed by atoms with Crippen molar-refractivity contribution in [3.8, 4) is 0 Å². The van der Waals surface area contributed by atoms with Gasteiger partial charge in [-0.2, -0.15) is 8.42 Å². The number of carbonyl (C=O) groups excluding carboxylic acids is 2. The van der Waals surface area contributed by atoms with Gasteiger partial charge in [-0.25, -0.2) is 0 Å². The number of amides is 1. The Kier molecular flexibility index (Phi) is 3.37. The van der Waals surface area contributed by atoms with Crippen LogP contribution in [-0.2, 0) is 28.6 Å². The number of esters is 1. The van der Waals surface area contributed by atoms with Crippen LogP contribution in [0.25, 0.3) is 0 Å². The predicted molar refractivity (Wildman–Crippen MR) is 76.1 cm³/mol. The molecule has 0 aromatic rings. The van der Waals surface area contributed by atoms with Crippen molar-refractivity contribution in [2.75, 3.05) is 6.54 Å². The van der Waals surface area contributed by atoms with E-state index in [0.29, 0.717) is 18.4 Å². The van der Waals surface area contributed by atoms with Crippen LogP contribution in [0.2, 0.25) is 0 Å². The molecule has 3 rings (SSSR count). The standard InChI is InChI=1S/C14H19NO6S/c1-7(2)13(17)15-6-11(16)20-14(3)8-4-9-10(5-8)22(18,19)21-12(9)14/h8-10,12H,1,4-6H2,2-3H3,(H,15,17). The third-order valence-electron chi connectivity index (χ3n) is 5.04. The molecule has 2 aliphatic carbocycles. The Morgan fingerprint density at radius 3 is 2.73 bits per heavy atom. The van der Waals surface area contributed by atoms with E-state index in [1.807, 2.05) is 0 Å². The molecule has 7 nitrogen and oxygen atoms in total. The summed E-state index contributed by atoms with van der Waals surface area (Å²) in [4.78, 5) is 23.4. The minimum absolute atomic E-state index is 0.0226. The summed E-state index contributed by atoms with van der Waals surface area (Å²) in [5.74, 6) is -1.15. The molecule has 2 saturated carbocycles. The summed E-state index contributed by atoms with van der Waals surface area (Å²) in [6.45, 7) is 6.46. The monoisotopic (exact) mass is 329 g/mol. The molecule has 5 unspecified atom stereocenters. The molecule has 8 heteroatoms. The van der Waals surface area contributed by atoms with Crippen molar-refractivity contribution in [2.45, 2.75) is 43.6 Å². The highest BCUT2D eigenvalue weighted by Crippen LogP contribution is 2.60. The summed E-state index contributed by atoms with van der Waals surface area (Å²) >= 11 is 0. The minimum Gasteiger partial charge on any atom is -0.455 e. The number of rotatable bonds is 4. The van der Waals surface area contributed by atoms with Gasteiger partial charge in [-0.1, -0.05) is 6.58 Å². The first-order valence-electron chi connectivity index (χ1n) is 7.23. The lowest BCUT2D eigenvalue weighted by Crippen LogP contribution is -2.49. The van der Waals surface area contributed by atoms with E-state index in [2.05, 4.69) is 11.9 Å². The lowest BCUT2D eigenvalue weighted by atomic mass is 9.83. The fourth-order valence-electron chi connectivity index (χ4n) is 3.92. The Labute approximate surface area is 129 Å². The Bertz CT molecular complexity index is 656. The highest BCUT2D eigenvalue weighted by atomic mass is 32.2. The van der Waals surface area contributed by atoms with Crippen LogP contribution in [0.3, 0.4) is 0 Å². The predicted octanol–water partition coefficient (Wildman–Crippen LogP) is 0.118. The van der Waals surface area contributed by atoms with E-state index in [4.69, 9.17) is 8.92 Å². The van der Waals surface area contributed by atoms with Crippen molar-refractivity contribution < 1.29 is 26.9 Å². The van der Waals surface area contributed by atoms with E-state index in [-0.39, 0.29) is 18.4 Å². The average molecular weight is 329 g/mol. The molecule has 0 radical (unpaired) electrons. The van der Waals surface area contributed by atoms with Crippen LogP contribution in [0.5, 0.6) is 0 Å². The van der Waals surface area contributed by atoms with Gasteiger partial charge in [-0.15, -0.1) is 0 Å². The van der Waals surface area contributed by atoms with Crippen LogP contribution in [0, 0.1) is 11.8 Å². The molecule has 1 heterocycles. The molecule has 0 spiro atoms. The van der Waals surface area contributed by atoms with Crippen LogP contribution in [0.1, 0.15) is 26.7 Å². The number of hydrogen-bond acceptors (Lipinski definition) is 6. The second-order valence-electron chi connectivity index (χ2n) is 6.50. The molecule has 1 aliphatic heterocycles. The first-order chi connectivity index (χ1) is 10.1. The zero-order chi connectivity index (χ0) is 16.3. The molecule has 122 valence electrons. The van der Waals surface area contributed by atoms with Crippen LogP contribution in [0.4, 0.5) is 0 Å². The molecular formula is C14H19NO6S. The molecule has 0 aromatic carbocycles. The average Bonchev–Trinajstić information content (AvgIpc) is 3.00. The third-order valence-corrected chi connectivity index (χ3v) is 6.80. The molecule has 1 saturated heterocycles. The summed E-state index contributed by atoms with van der Waals surface area (Å²) in [5.41, 5.74) is -0.650. The van der Waals surface area contributed by atoms with E-state index in [1.54, 1.807) is 6.92 Å². The number of carbonyl (C=O) groups is 2. The highest BCUT2D eigenvalue weighted by molar-refractivity contribution is 7.87. The smallest absolute Gasteiger partial charge is 0.326 e. The van der Waals surface area contributed by atoms with Crippen LogP contribution in [0.15, 0.2) is 12.2 Å². The highest BCUT2D eigenvalue weighted by Gasteiger charge is 2.70. The molecular weight excluding hydrogens is 310 g/mol. The van der Waals surface area contributed by atoms with Gasteiger partial charge in [0, 0.05) is 17.4 Å². The Balaban J connectivity index is 1.67. The Morgan fingerprint density at radius 1 is 1.41 bits per heavy atom. The van der Waals surface area contributed by atoms with E-state index >= 15 is 0 Å². The van der Waals surface area contributed by atoms with E-state index < -0.39 is 38.9 Å². The summed E-state index contributed by atoms with van der Waals surface area (Å²) < 4.78 is 34.5. The summed E-state index contributed by atoms with van der Waals surface area (Å²) in [7, 11) is -3.55. The quantitative estimate of drug-likeness (QED) is 0.447. The maximum Gasteiger partial charge on any atom is 0.326 e. The molecule has 0 aromatic heterocycles. The van der Waals surface area contributed by atoms with Gasteiger partial charge < -0.3 is 10.1 Å². The van der Waals surface area contributed by atoms with Crippen molar-refractivity contribution in [3.63, 3.8) is 0 Å². The van der Waals surface area contributed by atoms with E-state index in [1.165, 1.54) is 6.92 Å². The van der Waals surface area contributed by atoms with Crippen molar-refractivity contribution in [1.29, 1.82) is 0 Å². The summed E-state index contributed by atoms with van der Waals surface area (Å²) in [6.07, 6.45) is 0.545. The van der Waals surface area contributed by atoms with Crippen molar-refractivity contribution in [1.82, 2.24) is 5.32 Å². The zero-order valence-electron chi connectivity index (χ0n) is 12.5. The number of fused-ring (bicyclic) bond motifs is 1. The van der Waals surface area contributed by atoms with Crippen molar-refractivity contribution >= 4 is 22.0 Å². The Morgan fingerprint density at radius 2 is 2.09 bits per heavy atom. The van der Waals surface area contributed by atoms with Gasteiger partial charge in [-0.05, 0) is 26.7 Å². The first-order valence-corrected chi connectivity index (χ1v) is 8.70. The molecule has 3 aliphatic rings. The van der Waals surface area contributed by atoms with Gasteiger partial charge in [0.1, 0.15) is 18.2 Å². The summed E-state index contributed by atoms with van der Waals surface area (Å²) in [5, 5.41) is 1.94. The lowest BCUT2D eigenvalue weighted by molar-refractivity contribution is -0.172. The van der Waals surface area contributed by atoms with Crippen molar-refractivity contribution in [3.05, 3.63) is 12.2 Å². The van der Waals surface area contributed by atoms with Gasteiger partial charge in [0.2, 0.25) is 5.91 Å². The topological polar surface area (TPSA) is 98.8 Å². The molecule has 1 N–H and O–H groups in total. The molecule has 5 atom stereocenters.